The van der Waals surface area contributed by atoms with Gasteiger partial charge in [-0.05, 0) is 32.0 Å². The molecule has 1 aromatic carbocycles. The zero-order valence-electron chi connectivity index (χ0n) is 19.7. The minimum absolute atomic E-state index is 0.0937. The van der Waals surface area contributed by atoms with Crippen LogP contribution in [-0.2, 0) is 16.0 Å². The van der Waals surface area contributed by atoms with Gasteiger partial charge in [0.25, 0.3) is 0 Å². The molecule has 31 heavy (non-hydrogen) atoms. The Balaban J connectivity index is 1.51. The van der Waals surface area contributed by atoms with E-state index in [1.165, 1.54) is 0 Å². The van der Waals surface area contributed by atoms with Crippen molar-refractivity contribution in [3.05, 3.63) is 34.1 Å². The minimum atomic E-state index is -0.673. The highest BCUT2D eigenvalue weighted by Crippen LogP contribution is 2.54. The third-order valence-corrected chi connectivity index (χ3v) is 7.84. The molecular formula is C24H31ClN2O4. The predicted octanol–water partition coefficient (Wildman–Crippen LogP) is 4.57. The highest BCUT2D eigenvalue weighted by atomic mass is 35.5. The van der Waals surface area contributed by atoms with E-state index in [2.05, 4.69) is 24.0 Å². The quantitative estimate of drug-likeness (QED) is 0.679. The Bertz CT molecular complexity index is 989. The molecule has 1 fully saturated rings. The van der Waals surface area contributed by atoms with Crippen LogP contribution in [0.5, 0.6) is 11.5 Å². The van der Waals surface area contributed by atoms with Crippen molar-refractivity contribution >= 4 is 17.3 Å². The highest BCUT2D eigenvalue weighted by Gasteiger charge is 2.52. The van der Waals surface area contributed by atoms with Crippen molar-refractivity contribution in [3.8, 4) is 11.5 Å². The van der Waals surface area contributed by atoms with Gasteiger partial charge in [-0.2, -0.15) is 0 Å². The molecule has 6 nitrogen and oxygen atoms in total. The van der Waals surface area contributed by atoms with Crippen LogP contribution < -0.4 is 9.47 Å². The van der Waals surface area contributed by atoms with Gasteiger partial charge in [-0.15, -0.1) is 0 Å². The van der Waals surface area contributed by atoms with E-state index in [-0.39, 0.29) is 17.9 Å². The summed E-state index contributed by atoms with van der Waals surface area (Å²) < 4.78 is 26.4. The smallest absolute Gasteiger partial charge is 0.172 e. The van der Waals surface area contributed by atoms with E-state index in [0.29, 0.717) is 29.4 Å². The first kappa shape index (κ1) is 19.7. The molecule has 0 saturated carbocycles. The molecule has 168 valence electrons. The molecule has 3 atom stereocenters. The van der Waals surface area contributed by atoms with Crippen molar-refractivity contribution in [1.82, 2.24) is 4.90 Å². The molecule has 0 radical (unpaired) electrons. The van der Waals surface area contributed by atoms with Gasteiger partial charge in [0.05, 0.1) is 25.0 Å². The monoisotopic (exact) mass is 447 g/mol. The number of likely N-dealkylation sites (tertiary alicyclic amines) is 1. The van der Waals surface area contributed by atoms with E-state index in [1.54, 1.807) is 14.2 Å². The molecule has 5 rings (SSSR count). The molecule has 3 aliphatic heterocycles. The summed E-state index contributed by atoms with van der Waals surface area (Å²) in [5, 5.41) is 5.01. The van der Waals surface area contributed by atoms with E-state index >= 15 is 0 Å². The van der Waals surface area contributed by atoms with Gasteiger partial charge < -0.3 is 23.9 Å². The third kappa shape index (κ3) is 3.21. The fraction of sp³-hybridized carbons (Fsp3) is 0.625. The number of rotatable bonds is 3. The Morgan fingerprint density at radius 3 is 2.74 bits per heavy atom. The standard InChI is InChI=1S/C24H31ClN2O4/c1-15-6-5-7-20(29-4)24(15)13-17-19(28-3)12-16(21(25)22(17)30-24)18-14-23(31-26-18)8-10-27(2)11-9-23/h7,12,15H,5-6,8-11,13-14H2,1-4H3/t15-,24+/m1/s1/i5D/t5?,15-,24+. The number of allylic oxidation sites excluding steroid dienone is 1. The minimum Gasteiger partial charge on any atom is -0.497 e. The molecule has 1 aliphatic carbocycles. The van der Waals surface area contributed by atoms with Crippen molar-refractivity contribution < 1.29 is 20.4 Å². The number of ether oxygens (including phenoxy) is 3. The second-order valence-electron chi connectivity index (χ2n) is 9.32. The SMILES string of the molecule is [2H]C1C=C(OC)[C@]2(Cc3c(OC)cc(C4=NOC5(CCN(C)CC5)C4)c(Cl)c3O2)[C@H](C)C1. The van der Waals surface area contributed by atoms with Crippen molar-refractivity contribution in [2.75, 3.05) is 34.4 Å². The Hall–Kier alpha value is -1.92. The summed E-state index contributed by atoms with van der Waals surface area (Å²) in [4.78, 5) is 8.31. The van der Waals surface area contributed by atoms with Crippen molar-refractivity contribution in [1.29, 1.82) is 0 Å². The largest absolute Gasteiger partial charge is 0.497 e. The van der Waals surface area contributed by atoms with Crippen LogP contribution in [-0.4, -0.2) is 56.2 Å². The van der Waals surface area contributed by atoms with Gasteiger partial charge in [0, 0.05) is 57.2 Å². The van der Waals surface area contributed by atoms with Crippen LogP contribution in [0.1, 0.15) is 51.5 Å². The maximum absolute atomic E-state index is 8.22. The van der Waals surface area contributed by atoms with Crippen LogP contribution >= 0.6 is 11.6 Å². The molecule has 0 aromatic heterocycles. The van der Waals surface area contributed by atoms with Gasteiger partial charge in [-0.25, -0.2) is 0 Å². The lowest BCUT2D eigenvalue weighted by Gasteiger charge is -2.38. The fourth-order valence-corrected chi connectivity index (χ4v) is 5.68. The summed E-state index contributed by atoms with van der Waals surface area (Å²) in [6.45, 7) is 4.10. The van der Waals surface area contributed by atoms with Crippen LogP contribution in [0.15, 0.2) is 23.1 Å². The summed E-state index contributed by atoms with van der Waals surface area (Å²) in [5.41, 5.74) is 1.67. The van der Waals surface area contributed by atoms with E-state index in [9.17, 15) is 0 Å². The number of nitrogens with zero attached hydrogens (tertiary/aromatic N) is 2. The number of hydrogen-bond donors (Lipinski definition) is 0. The average Bonchev–Trinajstić information content (AvgIpc) is 3.38. The zero-order valence-corrected chi connectivity index (χ0v) is 19.4. The van der Waals surface area contributed by atoms with E-state index in [0.717, 1.165) is 54.9 Å². The van der Waals surface area contributed by atoms with Crippen LogP contribution in [0.2, 0.25) is 5.02 Å². The lowest BCUT2D eigenvalue weighted by Crippen LogP contribution is -2.45. The summed E-state index contributed by atoms with van der Waals surface area (Å²) in [6.07, 6.45) is 5.47. The Kier molecular flexibility index (Phi) is 4.83. The molecule has 4 aliphatic rings. The number of halogens is 1. The van der Waals surface area contributed by atoms with Crippen LogP contribution in [0.4, 0.5) is 0 Å². The molecule has 1 saturated heterocycles. The van der Waals surface area contributed by atoms with Gasteiger partial charge in [-0.1, -0.05) is 23.7 Å². The number of benzene rings is 1. The Morgan fingerprint density at radius 1 is 1.26 bits per heavy atom. The summed E-state index contributed by atoms with van der Waals surface area (Å²) in [6, 6.07) is 1.97. The van der Waals surface area contributed by atoms with E-state index in [1.807, 2.05) is 12.1 Å². The van der Waals surface area contributed by atoms with Crippen molar-refractivity contribution in [2.45, 2.75) is 56.6 Å². The van der Waals surface area contributed by atoms with Gasteiger partial charge in [-0.3, -0.25) is 0 Å². The number of hydrogen-bond acceptors (Lipinski definition) is 6. The molecule has 1 unspecified atom stereocenters. The Labute approximate surface area is 190 Å². The first-order chi connectivity index (χ1) is 15.3. The van der Waals surface area contributed by atoms with Gasteiger partial charge in [0.1, 0.15) is 22.9 Å². The zero-order chi connectivity index (χ0) is 22.7. The maximum atomic E-state index is 8.22. The summed E-state index contributed by atoms with van der Waals surface area (Å²) >= 11 is 6.96. The van der Waals surface area contributed by atoms with Gasteiger partial charge in [0.2, 0.25) is 0 Å². The molecule has 0 bridgehead atoms. The highest BCUT2D eigenvalue weighted by molar-refractivity contribution is 6.36. The summed E-state index contributed by atoms with van der Waals surface area (Å²) in [5.74, 6) is 2.15. The predicted molar refractivity (Wildman–Crippen MR) is 120 cm³/mol. The summed E-state index contributed by atoms with van der Waals surface area (Å²) in [7, 11) is 5.44. The number of fused-ring (bicyclic) bond motifs is 1. The fourth-order valence-electron chi connectivity index (χ4n) is 5.36. The van der Waals surface area contributed by atoms with Crippen molar-refractivity contribution in [3.63, 3.8) is 0 Å². The normalized spacial score (nSPS) is 32.1. The molecule has 3 heterocycles. The second kappa shape index (κ2) is 7.59. The van der Waals surface area contributed by atoms with Gasteiger partial charge >= 0.3 is 0 Å². The van der Waals surface area contributed by atoms with E-state index < -0.39 is 5.60 Å². The lowest BCUT2D eigenvalue weighted by molar-refractivity contribution is -0.0578. The van der Waals surface area contributed by atoms with Gasteiger partial charge in [0.15, 0.2) is 5.60 Å². The first-order valence-corrected chi connectivity index (χ1v) is 11.4. The molecular weight excluding hydrogens is 416 g/mol. The average molecular weight is 448 g/mol. The molecule has 0 amide bonds. The van der Waals surface area contributed by atoms with Crippen LogP contribution in [0, 0.1) is 5.92 Å². The second-order valence-corrected chi connectivity index (χ2v) is 9.69. The number of piperidine rings is 1. The number of methoxy groups -OCH3 is 2. The van der Waals surface area contributed by atoms with Crippen LogP contribution in [0.25, 0.3) is 0 Å². The third-order valence-electron chi connectivity index (χ3n) is 7.47. The molecule has 0 N–H and O–H groups in total. The maximum Gasteiger partial charge on any atom is 0.172 e. The molecule has 2 spiro atoms. The van der Waals surface area contributed by atoms with Crippen molar-refractivity contribution in [2.24, 2.45) is 11.1 Å². The number of oxime groups is 1. The molecule has 1 aromatic rings. The van der Waals surface area contributed by atoms with Crippen LogP contribution in [0.3, 0.4) is 0 Å². The lowest BCUT2D eigenvalue weighted by atomic mass is 9.76. The first-order valence-electron chi connectivity index (χ1n) is 11.6. The van der Waals surface area contributed by atoms with E-state index in [4.69, 9.17) is 32.0 Å². The molecule has 7 heteroatoms. The Morgan fingerprint density at radius 2 is 2.03 bits per heavy atom. The topological polar surface area (TPSA) is 52.5 Å².